The fourth-order valence-electron chi connectivity index (χ4n) is 4.60. The summed E-state index contributed by atoms with van der Waals surface area (Å²) < 4.78 is 32.0. The summed E-state index contributed by atoms with van der Waals surface area (Å²) in [6, 6.07) is 30.4. The monoisotopic (exact) mass is 570 g/mol. The molecule has 0 amide bonds. The molecular weight excluding hydrogens is 542 g/mol. The third-order valence-electron chi connectivity index (χ3n) is 6.78. The molecule has 2 heteroatoms. The molecule has 0 heterocycles. The van der Waals surface area contributed by atoms with Gasteiger partial charge >= 0.3 is 0 Å². The van der Waals surface area contributed by atoms with Gasteiger partial charge in [-0.1, -0.05) is 95.9 Å². The molecule has 0 aliphatic rings. The minimum atomic E-state index is -1.10. The molecule has 5 aromatic carbocycles. The second-order valence-corrected chi connectivity index (χ2v) is 10.6. The van der Waals surface area contributed by atoms with Crippen LogP contribution in [0.25, 0.3) is 0 Å². The summed E-state index contributed by atoms with van der Waals surface area (Å²) in [6.45, 7) is 7.84. The van der Waals surface area contributed by atoms with Crippen molar-refractivity contribution in [2.45, 2.75) is 27.7 Å². The first-order chi connectivity index (χ1) is 21.3. The molecule has 0 saturated heterocycles. The molecule has 210 valence electrons. The Kier molecular flexibility index (Phi) is 9.07. The van der Waals surface area contributed by atoms with E-state index >= 15 is 8.78 Å². The lowest BCUT2D eigenvalue weighted by molar-refractivity contribution is 0.503. The zero-order chi connectivity index (χ0) is 31.1. The maximum Gasteiger partial charge on any atom is 0.177 e. The highest BCUT2D eigenvalue weighted by Crippen LogP contribution is 2.26. The molecule has 0 bridgehead atoms. The zero-order valence-electron chi connectivity index (χ0n) is 25.0. The van der Waals surface area contributed by atoms with Crippen molar-refractivity contribution >= 4 is 0 Å². The van der Waals surface area contributed by atoms with Gasteiger partial charge in [0.25, 0.3) is 0 Å². The highest BCUT2D eigenvalue weighted by molar-refractivity contribution is 5.69. The number of hydrogen-bond donors (Lipinski definition) is 0. The van der Waals surface area contributed by atoms with E-state index < -0.39 is 11.6 Å². The predicted octanol–water partition coefficient (Wildman–Crippen LogP) is 8.80. The Morgan fingerprint density at radius 2 is 0.591 bits per heavy atom. The molecule has 5 rings (SSSR count). The van der Waals surface area contributed by atoms with Crippen molar-refractivity contribution in [1.29, 1.82) is 0 Å². The lowest BCUT2D eigenvalue weighted by Gasteiger charge is -2.09. The van der Waals surface area contributed by atoms with Crippen LogP contribution in [0.2, 0.25) is 0 Å². The van der Waals surface area contributed by atoms with E-state index in [9.17, 15) is 0 Å². The van der Waals surface area contributed by atoms with Crippen molar-refractivity contribution in [2.24, 2.45) is 0 Å². The third kappa shape index (κ3) is 7.33. The summed E-state index contributed by atoms with van der Waals surface area (Å²) in [4.78, 5) is 0. The molecule has 0 radical (unpaired) electrons. The molecule has 0 fully saturated rings. The predicted molar refractivity (Wildman–Crippen MR) is 175 cm³/mol. The Balaban J connectivity index is 1.82. The average Bonchev–Trinajstić information content (AvgIpc) is 3.00. The summed E-state index contributed by atoms with van der Waals surface area (Å²) in [5.74, 6) is 22.0. The molecule has 0 aliphatic heterocycles. The fraction of sp³-hybridized carbons (Fsp3) is 0.0952. The highest BCUT2D eigenvalue weighted by Gasteiger charge is 2.22. The van der Waals surface area contributed by atoms with Gasteiger partial charge in [-0.05, 0) is 98.5 Å². The molecule has 0 unspecified atom stereocenters. The summed E-state index contributed by atoms with van der Waals surface area (Å²) in [5, 5.41) is 0. The van der Waals surface area contributed by atoms with Gasteiger partial charge in [0.2, 0.25) is 0 Å². The van der Waals surface area contributed by atoms with Crippen molar-refractivity contribution in [3.05, 3.63) is 175 Å². The van der Waals surface area contributed by atoms with Gasteiger partial charge in [0, 0.05) is 22.3 Å². The molecular formula is C42H28F2. The summed E-state index contributed by atoms with van der Waals surface area (Å²) in [7, 11) is 0. The van der Waals surface area contributed by atoms with E-state index in [-0.39, 0.29) is 22.3 Å². The Morgan fingerprint density at radius 3 is 0.841 bits per heavy atom. The Hall–Kier alpha value is -5.80. The van der Waals surface area contributed by atoms with E-state index in [4.69, 9.17) is 0 Å². The van der Waals surface area contributed by atoms with Crippen molar-refractivity contribution in [2.75, 3.05) is 0 Å². The Morgan fingerprint density at radius 1 is 0.341 bits per heavy atom. The second kappa shape index (κ2) is 13.5. The minimum Gasteiger partial charge on any atom is -0.202 e. The smallest absolute Gasteiger partial charge is 0.177 e. The first-order valence-corrected chi connectivity index (χ1v) is 14.2. The Bertz CT molecular complexity index is 2000. The SMILES string of the molecule is Cc1cccc(C#Cc2c(F)c(F)c(C#Cc3cccc(C)c3)c(C#Cc3cccc(C)c3)c2C#Cc2cccc(C)c2)c1. The fourth-order valence-corrected chi connectivity index (χ4v) is 4.60. The van der Waals surface area contributed by atoms with Gasteiger partial charge in [0.1, 0.15) is 0 Å². The van der Waals surface area contributed by atoms with Crippen molar-refractivity contribution in [3.63, 3.8) is 0 Å². The van der Waals surface area contributed by atoms with Crippen LogP contribution >= 0.6 is 0 Å². The quantitative estimate of drug-likeness (QED) is 0.163. The van der Waals surface area contributed by atoms with Crippen LogP contribution in [0.5, 0.6) is 0 Å². The average molecular weight is 571 g/mol. The maximum absolute atomic E-state index is 16.0. The molecule has 0 nitrogen and oxygen atoms in total. The Labute approximate surface area is 258 Å². The largest absolute Gasteiger partial charge is 0.202 e. The van der Waals surface area contributed by atoms with Crippen molar-refractivity contribution < 1.29 is 8.78 Å². The number of benzene rings is 5. The van der Waals surface area contributed by atoms with Crippen LogP contribution in [0.1, 0.15) is 66.8 Å². The van der Waals surface area contributed by atoms with Crippen LogP contribution in [0.3, 0.4) is 0 Å². The van der Waals surface area contributed by atoms with E-state index in [1.165, 1.54) is 0 Å². The standard InChI is InChI=1S/C42H28F2/c1-29-9-5-13-33(25-29)17-21-37-38(22-18-34-14-6-10-30(2)26-34)40(24-20-36-16-8-12-32(4)28-36)42(44)41(43)39(37)23-19-35-15-7-11-31(3)27-35/h5-16,25-28H,1-4H3. The molecule has 0 aliphatic carbocycles. The number of aryl methyl sites for hydroxylation is 4. The summed E-state index contributed by atoms with van der Waals surface area (Å²) in [5.41, 5.74) is 6.99. The van der Waals surface area contributed by atoms with E-state index in [2.05, 4.69) is 47.4 Å². The van der Waals surface area contributed by atoms with Crippen LogP contribution in [-0.2, 0) is 0 Å². The molecule has 0 N–H and O–H groups in total. The lowest BCUT2D eigenvalue weighted by Crippen LogP contribution is -2.05. The summed E-state index contributed by atoms with van der Waals surface area (Å²) in [6.07, 6.45) is 0. The van der Waals surface area contributed by atoms with E-state index in [0.29, 0.717) is 11.1 Å². The van der Waals surface area contributed by atoms with Gasteiger partial charge in [-0.2, -0.15) is 0 Å². The molecule has 5 aromatic rings. The van der Waals surface area contributed by atoms with Crippen LogP contribution in [0, 0.1) is 86.7 Å². The van der Waals surface area contributed by atoms with Crippen molar-refractivity contribution in [1.82, 2.24) is 0 Å². The van der Waals surface area contributed by atoms with Gasteiger partial charge in [-0.15, -0.1) is 0 Å². The van der Waals surface area contributed by atoms with Crippen LogP contribution in [-0.4, -0.2) is 0 Å². The molecule has 0 atom stereocenters. The van der Waals surface area contributed by atoms with Crippen LogP contribution < -0.4 is 0 Å². The van der Waals surface area contributed by atoms with Gasteiger partial charge in [-0.25, -0.2) is 8.78 Å². The van der Waals surface area contributed by atoms with E-state index in [0.717, 1.165) is 33.4 Å². The number of halogens is 2. The van der Waals surface area contributed by atoms with E-state index in [1.54, 1.807) is 0 Å². The number of hydrogen-bond acceptors (Lipinski definition) is 0. The number of rotatable bonds is 0. The molecule has 0 spiro atoms. The zero-order valence-corrected chi connectivity index (χ0v) is 25.0. The lowest BCUT2D eigenvalue weighted by atomic mass is 9.94. The first kappa shape index (κ1) is 29.7. The molecule has 0 saturated carbocycles. The van der Waals surface area contributed by atoms with E-state index in [1.807, 2.05) is 125 Å². The maximum atomic E-state index is 16.0. The van der Waals surface area contributed by atoms with Gasteiger partial charge in [0.15, 0.2) is 11.6 Å². The molecule has 44 heavy (non-hydrogen) atoms. The second-order valence-electron chi connectivity index (χ2n) is 10.6. The minimum absolute atomic E-state index is 0.154. The van der Waals surface area contributed by atoms with Gasteiger partial charge in [0.05, 0.1) is 22.3 Å². The van der Waals surface area contributed by atoms with Crippen LogP contribution in [0.15, 0.2) is 97.1 Å². The normalized spacial score (nSPS) is 9.77. The first-order valence-electron chi connectivity index (χ1n) is 14.2. The highest BCUT2D eigenvalue weighted by atomic mass is 19.2. The van der Waals surface area contributed by atoms with Crippen LogP contribution in [0.4, 0.5) is 8.78 Å². The molecule has 0 aromatic heterocycles. The van der Waals surface area contributed by atoms with Gasteiger partial charge < -0.3 is 0 Å². The topological polar surface area (TPSA) is 0 Å². The summed E-state index contributed by atoms with van der Waals surface area (Å²) >= 11 is 0. The van der Waals surface area contributed by atoms with Crippen molar-refractivity contribution in [3.8, 4) is 47.4 Å². The third-order valence-corrected chi connectivity index (χ3v) is 6.78. The van der Waals surface area contributed by atoms with Gasteiger partial charge in [-0.3, -0.25) is 0 Å².